The smallest absolute Gasteiger partial charge is 0.234 e. The van der Waals surface area contributed by atoms with Crippen molar-refractivity contribution in [1.82, 2.24) is 15.5 Å². The number of likely N-dealkylation sites (N-methyl/N-ethyl adjacent to an activating group) is 1. The van der Waals surface area contributed by atoms with Crippen LogP contribution in [0.3, 0.4) is 0 Å². The van der Waals surface area contributed by atoms with Gasteiger partial charge in [-0.25, -0.2) is 0 Å². The van der Waals surface area contributed by atoms with Crippen molar-refractivity contribution in [3.8, 4) is 0 Å². The molecular weight excluding hydrogens is 238 g/mol. The van der Waals surface area contributed by atoms with Gasteiger partial charge in [-0.3, -0.25) is 9.69 Å². The van der Waals surface area contributed by atoms with E-state index in [0.717, 1.165) is 6.42 Å². The molecule has 1 rings (SSSR count). The third kappa shape index (κ3) is 5.49. The topological polar surface area (TPSA) is 44.4 Å². The van der Waals surface area contributed by atoms with Gasteiger partial charge in [0.2, 0.25) is 5.91 Å². The second-order valence-corrected chi connectivity index (χ2v) is 6.49. The first-order valence-electron chi connectivity index (χ1n) is 7.56. The lowest BCUT2D eigenvalue weighted by Crippen LogP contribution is -2.49. The van der Waals surface area contributed by atoms with Gasteiger partial charge >= 0.3 is 0 Å². The van der Waals surface area contributed by atoms with Gasteiger partial charge in [-0.2, -0.15) is 0 Å². The molecule has 1 amide bonds. The number of nitrogens with one attached hydrogen (secondary N) is 2. The maximum atomic E-state index is 12.0. The Morgan fingerprint density at radius 2 is 1.84 bits per heavy atom. The summed E-state index contributed by atoms with van der Waals surface area (Å²) in [5.74, 6) is 0.144. The van der Waals surface area contributed by atoms with E-state index in [1.54, 1.807) is 0 Å². The van der Waals surface area contributed by atoms with E-state index in [1.807, 2.05) is 7.05 Å². The lowest BCUT2D eigenvalue weighted by molar-refractivity contribution is -0.124. The SMILES string of the molecule is CCC(C)(C)NC(=O)CN(C)C1CCC(NC)CC1. The number of hydrogen-bond acceptors (Lipinski definition) is 3. The van der Waals surface area contributed by atoms with Gasteiger partial charge in [-0.15, -0.1) is 0 Å². The van der Waals surface area contributed by atoms with Crippen molar-refractivity contribution in [3.63, 3.8) is 0 Å². The fourth-order valence-corrected chi connectivity index (χ4v) is 2.67. The van der Waals surface area contributed by atoms with Crippen LogP contribution in [0.2, 0.25) is 0 Å². The first-order chi connectivity index (χ1) is 8.88. The van der Waals surface area contributed by atoms with Gasteiger partial charge in [-0.1, -0.05) is 6.92 Å². The molecule has 4 heteroatoms. The number of hydrogen-bond donors (Lipinski definition) is 2. The summed E-state index contributed by atoms with van der Waals surface area (Å²) in [6, 6.07) is 1.22. The molecule has 0 spiro atoms. The van der Waals surface area contributed by atoms with E-state index in [0.29, 0.717) is 18.6 Å². The molecule has 19 heavy (non-hydrogen) atoms. The van der Waals surface area contributed by atoms with Gasteiger partial charge in [0.25, 0.3) is 0 Å². The predicted octanol–water partition coefficient (Wildman–Crippen LogP) is 1.75. The normalized spacial score (nSPS) is 24.5. The van der Waals surface area contributed by atoms with Crippen molar-refractivity contribution in [2.75, 3.05) is 20.6 Å². The highest BCUT2D eigenvalue weighted by molar-refractivity contribution is 5.78. The van der Waals surface area contributed by atoms with E-state index in [-0.39, 0.29) is 11.4 Å². The first kappa shape index (κ1) is 16.4. The third-order valence-corrected chi connectivity index (χ3v) is 4.48. The van der Waals surface area contributed by atoms with Crippen LogP contribution in [-0.2, 0) is 4.79 Å². The molecule has 112 valence electrons. The molecule has 1 aliphatic rings. The Balaban J connectivity index is 2.35. The second kappa shape index (κ2) is 7.25. The van der Waals surface area contributed by atoms with E-state index in [4.69, 9.17) is 0 Å². The summed E-state index contributed by atoms with van der Waals surface area (Å²) in [5, 5.41) is 6.45. The van der Waals surface area contributed by atoms with Crippen LogP contribution in [0.5, 0.6) is 0 Å². The molecule has 4 nitrogen and oxygen atoms in total. The third-order valence-electron chi connectivity index (χ3n) is 4.48. The van der Waals surface area contributed by atoms with Gasteiger partial charge in [0.1, 0.15) is 0 Å². The van der Waals surface area contributed by atoms with E-state index in [1.165, 1.54) is 25.7 Å². The van der Waals surface area contributed by atoms with Gasteiger partial charge in [0, 0.05) is 17.6 Å². The minimum atomic E-state index is -0.0955. The van der Waals surface area contributed by atoms with E-state index in [9.17, 15) is 4.79 Å². The van der Waals surface area contributed by atoms with Gasteiger partial charge in [0.15, 0.2) is 0 Å². The minimum absolute atomic E-state index is 0.0955. The highest BCUT2D eigenvalue weighted by Crippen LogP contribution is 2.22. The maximum Gasteiger partial charge on any atom is 0.234 e. The van der Waals surface area contributed by atoms with Crippen LogP contribution >= 0.6 is 0 Å². The number of rotatable bonds is 6. The number of carbonyl (C=O) groups is 1. The van der Waals surface area contributed by atoms with Crippen molar-refractivity contribution in [2.45, 2.75) is 70.5 Å². The molecule has 0 aromatic rings. The molecule has 2 N–H and O–H groups in total. The summed E-state index contributed by atoms with van der Waals surface area (Å²) >= 11 is 0. The summed E-state index contributed by atoms with van der Waals surface area (Å²) in [6.45, 7) is 6.76. The van der Waals surface area contributed by atoms with Gasteiger partial charge in [0.05, 0.1) is 6.54 Å². The summed E-state index contributed by atoms with van der Waals surface area (Å²) < 4.78 is 0. The van der Waals surface area contributed by atoms with Crippen molar-refractivity contribution in [2.24, 2.45) is 0 Å². The molecular formula is C15H31N3O. The van der Waals surface area contributed by atoms with Crippen LogP contribution in [0.1, 0.15) is 52.9 Å². The van der Waals surface area contributed by atoms with Crippen LogP contribution < -0.4 is 10.6 Å². The molecule has 0 aliphatic heterocycles. The molecule has 0 heterocycles. The fraction of sp³-hybridized carbons (Fsp3) is 0.933. The van der Waals surface area contributed by atoms with Crippen molar-refractivity contribution < 1.29 is 4.79 Å². The molecule has 1 aliphatic carbocycles. The number of amides is 1. The van der Waals surface area contributed by atoms with Crippen LogP contribution in [-0.4, -0.2) is 49.1 Å². The van der Waals surface area contributed by atoms with Crippen LogP contribution in [0, 0.1) is 0 Å². The van der Waals surface area contributed by atoms with Gasteiger partial charge < -0.3 is 10.6 Å². The fourth-order valence-electron chi connectivity index (χ4n) is 2.67. The molecule has 0 unspecified atom stereocenters. The zero-order valence-electron chi connectivity index (χ0n) is 13.3. The summed E-state index contributed by atoms with van der Waals surface area (Å²) in [7, 11) is 4.11. The molecule has 0 bridgehead atoms. The minimum Gasteiger partial charge on any atom is -0.350 e. The lowest BCUT2D eigenvalue weighted by Gasteiger charge is -2.35. The van der Waals surface area contributed by atoms with Crippen LogP contribution in [0.4, 0.5) is 0 Å². The first-order valence-corrected chi connectivity index (χ1v) is 7.56. The second-order valence-electron chi connectivity index (χ2n) is 6.49. The standard InChI is InChI=1S/C15H31N3O/c1-6-15(2,3)17-14(19)11-18(5)13-9-7-12(16-4)8-10-13/h12-13,16H,6-11H2,1-5H3,(H,17,19). The summed E-state index contributed by atoms with van der Waals surface area (Å²) in [5.41, 5.74) is -0.0955. The highest BCUT2D eigenvalue weighted by atomic mass is 16.2. The Bertz CT molecular complexity index is 283. The van der Waals surface area contributed by atoms with E-state index < -0.39 is 0 Å². The predicted molar refractivity (Wildman–Crippen MR) is 80.2 cm³/mol. The molecule has 1 fully saturated rings. The average molecular weight is 269 g/mol. The maximum absolute atomic E-state index is 12.0. The Morgan fingerprint density at radius 1 is 1.26 bits per heavy atom. The largest absolute Gasteiger partial charge is 0.350 e. The average Bonchev–Trinajstić information content (AvgIpc) is 2.38. The summed E-state index contributed by atoms with van der Waals surface area (Å²) in [6.07, 6.45) is 5.76. The lowest BCUT2D eigenvalue weighted by atomic mass is 9.90. The van der Waals surface area contributed by atoms with Crippen molar-refractivity contribution in [1.29, 1.82) is 0 Å². The molecule has 0 atom stereocenters. The van der Waals surface area contributed by atoms with E-state index in [2.05, 4.69) is 43.4 Å². The van der Waals surface area contributed by atoms with Crippen LogP contribution in [0.25, 0.3) is 0 Å². The van der Waals surface area contributed by atoms with Crippen molar-refractivity contribution in [3.05, 3.63) is 0 Å². The Labute approximate surface area is 118 Å². The quantitative estimate of drug-likeness (QED) is 0.772. The molecule has 0 radical (unpaired) electrons. The molecule has 1 saturated carbocycles. The van der Waals surface area contributed by atoms with E-state index >= 15 is 0 Å². The molecule has 0 aromatic heterocycles. The number of nitrogens with zero attached hydrogens (tertiary/aromatic N) is 1. The number of carbonyl (C=O) groups excluding carboxylic acids is 1. The molecule has 0 aromatic carbocycles. The zero-order valence-corrected chi connectivity index (χ0v) is 13.3. The van der Waals surface area contributed by atoms with Gasteiger partial charge in [-0.05, 0) is 60.0 Å². The highest BCUT2D eigenvalue weighted by Gasteiger charge is 2.25. The zero-order chi connectivity index (χ0) is 14.5. The van der Waals surface area contributed by atoms with Crippen molar-refractivity contribution >= 4 is 5.91 Å². The summed E-state index contributed by atoms with van der Waals surface area (Å²) in [4.78, 5) is 14.2. The van der Waals surface area contributed by atoms with Crippen LogP contribution in [0.15, 0.2) is 0 Å². The Morgan fingerprint density at radius 3 is 2.32 bits per heavy atom. The Hall–Kier alpha value is -0.610. The molecule has 0 saturated heterocycles. The Kier molecular flexibility index (Phi) is 6.27. The monoisotopic (exact) mass is 269 g/mol.